The average molecular weight is 241 g/mol. The molecular weight excluding hydrogens is 224 g/mol. The maximum absolute atomic E-state index is 12.2. The van der Waals surface area contributed by atoms with E-state index < -0.39 is 0 Å². The fourth-order valence-corrected chi connectivity index (χ4v) is 1.92. The molecule has 0 saturated heterocycles. The topological polar surface area (TPSA) is 26.3 Å². The van der Waals surface area contributed by atoms with E-state index in [9.17, 15) is 4.79 Å². The Labute approximate surface area is 102 Å². The number of benzene rings is 1. The smallest absolute Gasteiger partial charge is 0.169 e. The molecule has 0 aliphatic carbocycles. The number of carbonyl (C=O) groups is 1. The van der Waals surface area contributed by atoms with Crippen LogP contribution in [0.3, 0.4) is 0 Å². The van der Waals surface area contributed by atoms with Crippen molar-refractivity contribution in [3.05, 3.63) is 28.8 Å². The second-order valence-electron chi connectivity index (χ2n) is 3.72. The third-order valence-electron chi connectivity index (χ3n) is 2.78. The molecular formula is C13H17ClO2. The lowest BCUT2D eigenvalue weighted by atomic mass is 9.92. The fraction of sp³-hybridized carbons (Fsp3) is 0.462. The first kappa shape index (κ1) is 13.0. The maximum Gasteiger partial charge on any atom is 0.169 e. The second kappa shape index (κ2) is 5.90. The summed E-state index contributed by atoms with van der Waals surface area (Å²) in [6.07, 6.45) is 1.68. The lowest BCUT2D eigenvalue weighted by Crippen LogP contribution is -2.14. The van der Waals surface area contributed by atoms with Gasteiger partial charge < -0.3 is 4.74 Å². The van der Waals surface area contributed by atoms with Crippen molar-refractivity contribution in [3.8, 4) is 5.75 Å². The highest BCUT2D eigenvalue weighted by atomic mass is 35.5. The van der Waals surface area contributed by atoms with Gasteiger partial charge >= 0.3 is 0 Å². The van der Waals surface area contributed by atoms with Crippen molar-refractivity contribution in [2.45, 2.75) is 26.7 Å². The number of halogens is 1. The first-order chi connectivity index (χ1) is 7.63. The quantitative estimate of drug-likeness (QED) is 0.728. The van der Waals surface area contributed by atoms with Crippen molar-refractivity contribution in [1.29, 1.82) is 0 Å². The van der Waals surface area contributed by atoms with Gasteiger partial charge in [0, 0.05) is 10.9 Å². The Hall–Kier alpha value is -1.02. The molecule has 0 unspecified atom stereocenters. The van der Waals surface area contributed by atoms with Crippen LogP contribution in [0.1, 0.15) is 37.0 Å². The van der Waals surface area contributed by atoms with Crippen LogP contribution >= 0.6 is 11.6 Å². The third kappa shape index (κ3) is 2.76. The predicted molar refractivity (Wildman–Crippen MR) is 66.4 cm³/mol. The van der Waals surface area contributed by atoms with Gasteiger partial charge in [0.05, 0.1) is 12.7 Å². The molecule has 0 saturated carbocycles. The first-order valence-electron chi connectivity index (χ1n) is 5.51. The molecule has 3 heteroatoms. The van der Waals surface area contributed by atoms with Crippen LogP contribution in [-0.2, 0) is 0 Å². The van der Waals surface area contributed by atoms with E-state index in [2.05, 4.69) is 0 Å². The standard InChI is InChI=1S/C13H17ClO2/c1-4-9(5-2)13(15)11-8-10(14)6-7-12(11)16-3/h6-9H,4-5H2,1-3H3. The number of carbonyl (C=O) groups excluding carboxylic acids is 1. The van der Waals surface area contributed by atoms with Crippen LogP contribution in [0.4, 0.5) is 0 Å². The van der Waals surface area contributed by atoms with Crippen molar-refractivity contribution in [2.24, 2.45) is 5.92 Å². The molecule has 0 fully saturated rings. The van der Waals surface area contributed by atoms with Crippen LogP contribution in [0.15, 0.2) is 18.2 Å². The summed E-state index contributed by atoms with van der Waals surface area (Å²) in [5, 5.41) is 0.565. The van der Waals surface area contributed by atoms with E-state index in [-0.39, 0.29) is 11.7 Å². The Morgan fingerprint density at radius 1 is 1.38 bits per heavy atom. The van der Waals surface area contributed by atoms with E-state index in [0.29, 0.717) is 16.3 Å². The molecule has 0 spiro atoms. The number of ketones is 1. The minimum Gasteiger partial charge on any atom is -0.496 e. The molecule has 0 radical (unpaired) electrons. The molecule has 0 heterocycles. The van der Waals surface area contributed by atoms with E-state index >= 15 is 0 Å². The molecule has 0 amide bonds. The summed E-state index contributed by atoms with van der Waals surface area (Å²) in [4.78, 5) is 12.2. The van der Waals surface area contributed by atoms with Gasteiger partial charge in [-0.2, -0.15) is 0 Å². The minimum atomic E-state index is 0.0485. The molecule has 0 aliphatic rings. The molecule has 0 N–H and O–H groups in total. The zero-order valence-electron chi connectivity index (χ0n) is 9.92. The molecule has 0 aliphatic heterocycles. The molecule has 0 aromatic heterocycles. The summed E-state index contributed by atoms with van der Waals surface area (Å²) in [6.45, 7) is 4.03. The van der Waals surface area contributed by atoms with E-state index in [1.807, 2.05) is 13.8 Å². The molecule has 1 aromatic rings. The zero-order valence-corrected chi connectivity index (χ0v) is 10.7. The van der Waals surface area contributed by atoms with Gasteiger partial charge in [-0.25, -0.2) is 0 Å². The Balaban J connectivity index is 3.10. The summed E-state index contributed by atoms with van der Waals surface area (Å²) >= 11 is 5.90. The number of ether oxygens (including phenoxy) is 1. The Morgan fingerprint density at radius 2 is 2.00 bits per heavy atom. The monoisotopic (exact) mass is 240 g/mol. The maximum atomic E-state index is 12.2. The van der Waals surface area contributed by atoms with E-state index in [4.69, 9.17) is 16.3 Å². The second-order valence-corrected chi connectivity index (χ2v) is 4.16. The van der Waals surface area contributed by atoms with Crippen LogP contribution < -0.4 is 4.74 Å². The lowest BCUT2D eigenvalue weighted by molar-refractivity contribution is 0.0910. The third-order valence-corrected chi connectivity index (χ3v) is 3.02. The van der Waals surface area contributed by atoms with Gasteiger partial charge in [0.2, 0.25) is 0 Å². The van der Waals surface area contributed by atoms with Gasteiger partial charge in [0.1, 0.15) is 5.75 Å². The number of hydrogen-bond acceptors (Lipinski definition) is 2. The van der Waals surface area contributed by atoms with Crippen LogP contribution in [0.5, 0.6) is 5.75 Å². The van der Waals surface area contributed by atoms with Gasteiger partial charge in [-0.3, -0.25) is 4.79 Å². The van der Waals surface area contributed by atoms with Crippen LogP contribution in [-0.4, -0.2) is 12.9 Å². The highest BCUT2D eigenvalue weighted by Gasteiger charge is 2.20. The zero-order chi connectivity index (χ0) is 12.1. The highest BCUT2D eigenvalue weighted by Crippen LogP contribution is 2.27. The van der Waals surface area contributed by atoms with E-state index in [1.54, 1.807) is 25.3 Å². The van der Waals surface area contributed by atoms with Gasteiger partial charge in [-0.15, -0.1) is 0 Å². The molecule has 1 rings (SSSR count). The first-order valence-corrected chi connectivity index (χ1v) is 5.89. The molecule has 0 bridgehead atoms. The number of Topliss-reactive ketones (excluding diaryl/α,β-unsaturated/α-hetero) is 1. The molecule has 16 heavy (non-hydrogen) atoms. The molecule has 1 aromatic carbocycles. The van der Waals surface area contributed by atoms with Crippen molar-refractivity contribution in [3.63, 3.8) is 0 Å². The molecule has 0 atom stereocenters. The van der Waals surface area contributed by atoms with Gasteiger partial charge in [0.15, 0.2) is 5.78 Å². The molecule has 88 valence electrons. The Bertz CT molecular complexity index is 370. The summed E-state index contributed by atoms with van der Waals surface area (Å²) in [5.74, 6) is 0.762. The largest absolute Gasteiger partial charge is 0.496 e. The van der Waals surface area contributed by atoms with Crippen molar-refractivity contribution < 1.29 is 9.53 Å². The summed E-state index contributed by atoms with van der Waals surface area (Å²) in [5.41, 5.74) is 0.587. The van der Waals surface area contributed by atoms with E-state index in [0.717, 1.165) is 12.8 Å². The number of rotatable bonds is 5. The highest BCUT2D eigenvalue weighted by molar-refractivity contribution is 6.31. The lowest BCUT2D eigenvalue weighted by Gasteiger charge is -2.14. The number of hydrogen-bond donors (Lipinski definition) is 0. The summed E-state index contributed by atoms with van der Waals surface area (Å²) in [7, 11) is 1.56. The predicted octanol–water partition coefficient (Wildman–Crippen LogP) is 3.97. The minimum absolute atomic E-state index is 0.0485. The summed E-state index contributed by atoms with van der Waals surface area (Å²) in [6, 6.07) is 5.14. The van der Waals surface area contributed by atoms with E-state index in [1.165, 1.54) is 0 Å². The SMILES string of the molecule is CCC(CC)C(=O)c1cc(Cl)ccc1OC. The van der Waals surface area contributed by atoms with Crippen molar-refractivity contribution in [1.82, 2.24) is 0 Å². The normalized spacial score (nSPS) is 10.6. The Kier molecular flexibility index (Phi) is 4.81. The van der Waals surface area contributed by atoms with Crippen molar-refractivity contribution in [2.75, 3.05) is 7.11 Å². The van der Waals surface area contributed by atoms with Gasteiger partial charge in [-0.1, -0.05) is 25.4 Å². The van der Waals surface area contributed by atoms with Crippen molar-refractivity contribution >= 4 is 17.4 Å². The average Bonchev–Trinajstić information content (AvgIpc) is 2.30. The molecule has 2 nitrogen and oxygen atoms in total. The fourth-order valence-electron chi connectivity index (χ4n) is 1.75. The Morgan fingerprint density at radius 3 is 2.50 bits per heavy atom. The van der Waals surface area contributed by atoms with Gasteiger partial charge in [0.25, 0.3) is 0 Å². The number of methoxy groups -OCH3 is 1. The van der Waals surface area contributed by atoms with Crippen LogP contribution in [0.25, 0.3) is 0 Å². The van der Waals surface area contributed by atoms with Crippen LogP contribution in [0.2, 0.25) is 5.02 Å². The summed E-state index contributed by atoms with van der Waals surface area (Å²) < 4.78 is 5.18. The van der Waals surface area contributed by atoms with Gasteiger partial charge in [-0.05, 0) is 31.0 Å². The van der Waals surface area contributed by atoms with Crippen LogP contribution in [0, 0.1) is 5.92 Å².